The Balaban J connectivity index is 1.40. The Bertz CT molecular complexity index is 1160. The Morgan fingerprint density at radius 2 is 1.50 bits per heavy atom. The fraction of sp³-hybridized carbons (Fsp3) is 0.0870. The highest BCUT2D eigenvalue weighted by molar-refractivity contribution is 6.25. The third-order valence-corrected chi connectivity index (χ3v) is 5.14. The number of hydrogen-bond acceptors (Lipinski definition) is 3. The predicted octanol–water partition coefficient (Wildman–Crippen LogP) is 4.07. The lowest BCUT2D eigenvalue weighted by Crippen LogP contribution is -2.41. The first-order chi connectivity index (χ1) is 13.7. The van der Waals surface area contributed by atoms with Crippen LogP contribution in [0.15, 0.2) is 72.9 Å². The minimum atomic E-state index is -0.246. The van der Waals surface area contributed by atoms with Gasteiger partial charge in [0.1, 0.15) is 5.82 Å². The molecule has 0 spiro atoms. The molecule has 0 aliphatic carbocycles. The monoisotopic (exact) mass is 367 g/mol. The van der Waals surface area contributed by atoms with E-state index in [4.69, 9.17) is 0 Å². The van der Waals surface area contributed by atoms with Crippen molar-refractivity contribution in [3.8, 4) is 11.3 Å². The van der Waals surface area contributed by atoms with E-state index in [-0.39, 0.29) is 18.4 Å². The Morgan fingerprint density at radius 3 is 2.18 bits per heavy atom. The molecule has 0 atom stereocenters. The fourth-order valence-corrected chi connectivity index (χ4v) is 3.76. The van der Waals surface area contributed by atoms with Crippen molar-refractivity contribution in [3.63, 3.8) is 0 Å². The molecule has 0 unspecified atom stereocenters. The molecule has 4 aromatic rings. The van der Waals surface area contributed by atoms with Crippen LogP contribution in [0.25, 0.3) is 22.0 Å². The third-order valence-electron chi connectivity index (χ3n) is 5.14. The molecular formula is C23H17N3O2. The third kappa shape index (κ3) is 2.60. The van der Waals surface area contributed by atoms with E-state index in [2.05, 4.69) is 9.97 Å². The Morgan fingerprint density at radius 1 is 0.821 bits per heavy atom. The average Bonchev–Trinajstić information content (AvgIpc) is 3.21. The molecule has 5 rings (SSSR count). The molecule has 0 bridgehead atoms. The number of amides is 2. The zero-order valence-corrected chi connectivity index (χ0v) is 15.1. The number of aromatic amines is 1. The molecule has 0 saturated carbocycles. The lowest BCUT2D eigenvalue weighted by atomic mass is 9.94. The van der Waals surface area contributed by atoms with Crippen LogP contribution in [-0.4, -0.2) is 33.2 Å². The summed E-state index contributed by atoms with van der Waals surface area (Å²) in [7, 11) is 0. The van der Waals surface area contributed by atoms with Crippen molar-refractivity contribution in [1.82, 2.24) is 14.9 Å². The van der Waals surface area contributed by atoms with Gasteiger partial charge in [-0.05, 0) is 23.1 Å². The molecule has 28 heavy (non-hydrogen) atoms. The number of rotatable bonds is 4. The van der Waals surface area contributed by atoms with Crippen molar-refractivity contribution in [2.45, 2.75) is 6.42 Å². The quantitative estimate of drug-likeness (QED) is 0.553. The number of H-pyrrole nitrogens is 1. The van der Waals surface area contributed by atoms with Gasteiger partial charge in [-0.25, -0.2) is 4.98 Å². The molecule has 2 heterocycles. The summed E-state index contributed by atoms with van der Waals surface area (Å²) in [5, 5.41) is 1.66. The van der Waals surface area contributed by atoms with E-state index in [0.717, 1.165) is 27.9 Å². The summed E-state index contributed by atoms with van der Waals surface area (Å²) < 4.78 is 0. The number of imide groups is 1. The second-order valence-corrected chi connectivity index (χ2v) is 6.83. The van der Waals surface area contributed by atoms with Crippen LogP contribution >= 0.6 is 0 Å². The maximum atomic E-state index is 12.9. The maximum Gasteiger partial charge on any atom is 0.261 e. The van der Waals surface area contributed by atoms with Gasteiger partial charge in [0.25, 0.3) is 11.8 Å². The van der Waals surface area contributed by atoms with E-state index in [0.29, 0.717) is 17.5 Å². The number of aromatic nitrogens is 2. The van der Waals surface area contributed by atoms with Gasteiger partial charge in [-0.3, -0.25) is 14.5 Å². The van der Waals surface area contributed by atoms with Crippen molar-refractivity contribution in [2.75, 3.05) is 6.54 Å². The van der Waals surface area contributed by atoms with E-state index >= 15 is 0 Å². The fourth-order valence-electron chi connectivity index (χ4n) is 3.76. The average molecular weight is 367 g/mol. The summed E-state index contributed by atoms with van der Waals surface area (Å²) in [6.07, 6.45) is 2.25. The Hall–Kier alpha value is -3.73. The number of imidazole rings is 1. The van der Waals surface area contributed by atoms with Crippen molar-refractivity contribution in [2.24, 2.45) is 0 Å². The summed E-state index contributed by atoms with van der Waals surface area (Å²) >= 11 is 0. The van der Waals surface area contributed by atoms with Crippen LogP contribution in [0, 0.1) is 0 Å². The second-order valence-electron chi connectivity index (χ2n) is 6.83. The Labute approximate surface area is 161 Å². The topological polar surface area (TPSA) is 66.1 Å². The number of nitrogens with zero attached hydrogens (tertiary/aromatic N) is 2. The van der Waals surface area contributed by atoms with Gasteiger partial charge in [-0.2, -0.15) is 0 Å². The molecule has 0 fully saturated rings. The second kappa shape index (κ2) is 6.46. The van der Waals surface area contributed by atoms with Crippen molar-refractivity contribution < 1.29 is 9.59 Å². The molecule has 0 radical (unpaired) electrons. The molecule has 1 N–H and O–H groups in total. The number of nitrogens with one attached hydrogen (secondary N) is 1. The predicted molar refractivity (Wildman–Crippen MR) is 107 cm³/mol. The van der Waals surface area contributed by atoms with Crippen LogP contribution in [0.1, 0.15) is 26.5 Å². The van der Waals surface area contributed by atoms with Crippen LogP contribution < -0.4 is 0 Å². The van der Waals surface area contributed by atoms with E-state index in [9.17, 15) is 9.59 Å². The van der Waals surface area contributed by atoms with Gasteiger partial charge >= 0.3 is 0 Å². The lowest BCUT2D eigenvalue weighted by Gasteiger charge is -2.26. The van der Waals surface area contributed by atoms with Gasteiger partial charge < -0.3 is 4.98 Å². The summed E-state index contributed by atoms with van der Waals surface area (Å²) in [4.78, 5) is 34.9. The standard InChI is InChI=1S/C23H17N3O2/c27-22-17-10-4-8-16-9-5-11-18(21(16)17)23(28)26(22)13-12-20-24-14-19(25-20)15-6-2-1-3-7-15/h1-11,14H,12-13H2,(H,24,25). The van der Waals surface area contributed by atoms with Gasteiger partial charge in [0.05, 0.1) is 11.9 Å². The molecule has 136 valence electrons. The molecular weight excluding hydrogens is 350 g/mol. The van der Waals surface area contributed by atoms with Gasteiger partial charge in [0, 0.05) is 29.5 Å². The van der Waals surface area contributed by atoms with E-state index in [1.165, 1.54) is 4.90 Å². The van der Waals surface area contributed by atoms with Crippen LogP contribution in [0.5, 0.6) is 0 Å². The smallest absolute Gasteiger partial charge is 0.261 e. The number of carbonyl (C=O) groups is 2. The van der Waals surface area contributed by atoms with Gasteiger partial charge in [0.15, 0.2) is 0 Å². The van der Waals surface area contributed by atoms with Crippen molar-refractivity contribution >= 4 is 22.6 Å². The molecule has 1 aliphatic heterocycles. The highest BCUT2D eigenvalue weighted by Crippen LogP contribution is 2.30. The summed E-state index contributed by atoms with van der Waals surface area (Å²) in [6, 6.07) is 21.0. The van der Waals surface area contributed by atoms with E-state index in [1.54, 1.807) is 18.3 Å². The van der Waals surface area contributed by atoms with Crippen LogP contribution in [-0.2, 0) is 6.42 Å². The minimum Gasteiger partial charge on any atom is -0.342 e. The summed E-state index contributed by atoms with van der Waals surface area (Å²) in [5.74, 6) is 0.254. The van der Waals surface area contributed by atoms with Crippen LogP contribution in [0.3, 0.4) is 0 Å². The van der Waals surface area contributed by atoms with Crippen LogP contribution in [0.4, 0.5) is 0 Å². The van der Waals surface area contributed by atoms with Gasteiger partial charge in [0.2, 0.25) is 0 Å². The number of hydrogen-bond donors (Lipinski definition) is 1. The number of carbonyl (C=O) groups excluding carboxylic acids is 2. The summed E-state index contributed by atoms with van der Waals surface area (Å²) in [6.45, 7) is 0.282. The largest absolute Gasteiger partial charge is 0.342 e. The first kappa shape index (κ1) is 16.4. The normalized spacial score (nSPS) is 13.4. The molecule has 5 nitrogen and oxygen atoms in total. The van der Waals surface area contributed by atoms with Gasteiger partial charge in [-0.15, -0.1) is 0 Å². The molecule has 3 aromatic carbocycles. The van der Waals surface area contributed by atoms with Crippen molar-refractivity contribution in [3.05, 3.63) is 89.9 Å². The van der Waals surface area contributed by atoms with E-state index in [1.807, 2.05) is 54.6 Å². The van der Waals surface area contributed by atoms with Gasteiger partial charge in [-0.1, -0.05) is 54.6 Å². The first-order valence-electron chi connectivity index (χ1n) is 9.19. The first-order valence-corrected chi connectivity index (χ1v) is 9.19. The molecule has 5 heteroatoms. The highest BCUT2D eigenvalue weighted by atomic mass is 16.2. The van der Waals surface area contributed by atoms with E-state index < -0.39 is 0 Å². The highest BCUT2D eigenvalue weighted by Gasteiger charge is 2.32. The number of benzene rings is 3. The maximum absolute atomic E-state index is 12.9. The Kier molecular flexibility index (Phi) is 3.79. The summed E-state index contributed by atoms with van der Waals surface area (Å²) in [5.41, 5.74) is 3.13. The van der Waals surface area contributed by atoms with Crippen LogP contribution in [0.2, 0.25) is 0 Å². The molecule has 0 saturated heterocycles. The molecule has 1 aromatic heterocycles. The molecule has 1 aliphatic rings. The molecule has 2 amide bonds. The van der Waals surface area contributed by atoms with Crippen molar-refractivity contribution in [1.29, 1.82) is 0 Å². The zero-order chi connectivity index (χ0) is 19.1. The lowest BCUT2D eigenvalue weighted by molar-refractivity contribution is 0.0612. The minimum absolute atomic E-state index is 0.246. The zero-order valence-electron chi connectivity index (χ0n) is 15.1. The SMILES string of the molecule is O=C1c2cccc3cccc(c23)C(=O)N1CCc1ncc(-c2ccccc2)[nH]1.